The van der Waals surface area contributed by atoms with Crippen molar-refractivity contribution in [3.63, 3.8) is 0 Å². The molecule has 2 heterocycles. The molecule has 3 rings (SSSR count). The maximum absolute atomic E-state index is 11.9. The smallest absolute Gasteiger partial charge is 0.224 e. The number of rotatable bonds is 6. The first-order chi connectivity index (χ1) is 11.2. The SMILES string of the molecule is O=C(CCn1ccc2ccccc21)NCCC(=O)N1CCCC1. The van der Waals surface area contributed by atoms with Crippen LogP contribution in [0.15, 0.2) is 36.5 Å². The lowest BCUT2D eigenvalue weighted by molar-refractivity contribution is -0.130. The summed E-state index contributed by atoms with van der Waals surface area (Å²) in [5.74, 6) is 0.149. The zero-order valence-electron chi connectivity index (χ0n) is 13.3. The highest BCUT2D eigenvalue weighted by Crippen LogP contribution is 2.15. The lowest BCUT2D eigenvalue weighted by Crippen LogP contribution is -2.32. The molecule has 1 aliphatic rings. The van der Waals surface area contributed by atoms with Crippen molar-refractivity contribution in [2.45, 2.75) is 32.2 Å². The number of hydrogen-bond acceptors (Lipinski definition) is 2. The molecule has 1 fully saturated rings. The van der Waals surface area contributed by atoms with Crippen molar-refractivity contribution in [3.8, 4) is 0 Å². The minimum atomic E-state index is -0.00277. The number of benzene rings is 1. The molecular formula is C18H23N3O2. The molecule has 0 bridgehead atoms. The Balaban J connectivity index is 1.40. The van der Waals surface area contributed by atoms with Gasteiger partial charge < -0.3 is 14.8 Å². The second kappa shape index (κ2) is 7.31. The molecule has 0 spiro atoms. The average Bonchev–Trinajstić information content (AvgIpc) is 3.23. The van der Waals surface area contributed by atoms with E-state index < -0.39 is 0 Å². The quantitative estimate of drug-likeness (QED) is 0.888. The molecule has 1 saturated heterocycles. The highest BCUT2D eigenvalue weighted by Gasteiger charge is 2.17. The number of carbonyl (C=O) groups is 2. The van der Waals surface area contributed by atoms with E-state index in [1.807, 2.05) is 23.2 Å². The van der Waals surface area contributed by atoms with Gasteiger partial charge in [-0.05, 0) is 30.4 Å². The van der Waals surface area contributed by atoms with Crippen LogP contribution in [0.25, 0.3) is 10.9 Å². The van der Waals surface area contributed by atoms with Crippen molar-refractivity contribution in [1.82, 2.24) is 14.8 Å². The fraction of sp³-hybridized carbons (Fsp3) is 0.444. The lowest BCUT2D eigenvalue weighted by atomic mass is 10.2. The molecule has 2 aromatic rings. The molecule has 0 aliphatic carbocycles. The molecule has 5 nitrogen and oxygen atoms in total. The minimum Gasteiger partial charge on any atom is -0.356 e. The number of amides is 2. The Morgan fingerprint density at radius 1 is 1.04 bits per heavy atom. The topological polar surface area (TPSA) is 54.3 Å². The molecule has 1 aliphatic heterocycles. The molecule has 5 heteroatoms. The summed E-state index contributed by atoms with van der Waals surface area (Å²) < 4.78 is 2.09. The summed E-state index contributed by atoms with van der Waals surface area (Å²) >= 11 is 0. The molecule has 23 heavy (non-hydrogen) atoms. The normalized spacial score (nSPS) is 14.3. The molecule has 122 valence electrons. The molecule has 1 N–H and O–H groups in total. The third-order valence-corrected chi connectivity index (χ3v) is 4.38. The monoisotopic (exact) mass is 313 g/mol. The van der Waals surface area contributed by atoms with E-state index >= 15 is 0 Å². The summed E-state index contributed by atoms with van der Waals surface area (Å²) in [5.41, 5.74) is 1.14. The van der Waals surface area contributed by atoms with Gasteiger partial charge in [-0.15, -0.1) is 0 Å². The first kappa shape index (κ1) is 15.6. The third kappa shape index (κ3) is 3.92. The molecule has 0 radical (unpaired) electrons. The number of nitrogens with one attached hydrogen (secondary N) is 1. The maximum atomic E-state index is 11.9. The van der Waals surface area contributed by atoms with Crippen LogP contribution in [-0.4, -0.2) is 40.9 Å². The van der Waals surface area contributed by atoms with E-state index in [2.05, 4.69) is 28.1 Å². The fourth-order valence-electron chi connectivity index (χ4n) is 3.08. The Bertz CT molecular complexity index is 686. The number of hydrogen-bond donors (Lipinski definition) is 1. The van der Waals surface area contributed by atoms with Crippen LogP contribution in [0.4, 0.5) is 0 Å². The van der Waals surface area contributed by atoms with E-state index in [-0.39, 0.29) is 11.8 Å². The van der Waals surface area contributed by atoms with Gasteiger partial charge in [0.2, 0.25) is 11.8 Å². The van der Waals surface area contributed by atoms with Gasteiger partial charge in [-0.3, -0.25) is 9.59 Å². The van der Waals surface area contributed by atoms with E-state index in [1.165, 1.54) is 5.39 Å². The average molecular weight is 313 g/mol. The molecule has 0 atom stereocenters. The summed E-state index contributed by atoms with van der Waals surface area (Å²) in [7, 11) is 0. The number of aromatic nitrogens is 1. The Morgan fingerprint density at radius 2 is 1.83 bits per heavy atom. The predicted molar refractivity (Wildman–Crippen MR) is 90.0 cm³/mol. The number of likely N-dealkylation sites (tertiary alicyclic amines) is 1. The Labute approximate surface area is 136 Å². The van der Waals surface area contributed by atoms with Crippen LogP contribution >= 0.6 is 0 Å². The van der Waals surface area contributed by atoms with Crippen molar-refractivity contribution >= 4 is 22.7 Å². The van der Waals surface area contributed by atoms with Gasteiger partial charge in [-0.25, -0.2) is 0 Å². The van der Waals surface area contributed by atoms with Crippen LogP contribution in [0, 0.1) is 0 Å². The summed E-state index contributed by atoms with van der Waals surface area (Å²) in [6, 6.07) is 10.2. The molecule has 0 saturated carbocycles. The Morgan fingerprint density at radius 3 is 2.65 bits per heavy atom. The van der Waals surface area contributed by atoms with Crippen LogP contribution in [0.1, 0.15) is 25.7 Å². The lowest BCUT2D eigenvalue weighted by Gasteiger charge is -2.15. The van der Waals surface area contributed by atoms with Crippen LogP contribution in [0.3, 0.4) is 0 Å². The first-order valence-electron chi connectivity index (χ1n) is 8.32. The van der Waals surface area contributed by atoms with Crippen molar-refractivity contribution in [1.29, 1.82) is 0 Å². The number of fused-ring (bicyclic) bond motifs is 1. The summed E-state index contributed by atoms with van der Waals surface area (Å²) in [6.07, 6.45) is 5.04. The van der Waals surface area contributed by atoms with E-state index in [1.54, 1.807) is 0 Å². The number of para-hydroxylation sites is 1. The summed E-state index contributed by atoms with van der Waals surface area (Å²) in [4.78, 5) is 25.7. The summed E-state index contributed by atoms with van der Waals surface area (Å²) in [5, 5.41) is 4.03. The summed E-state index contributed by atoms with van der Waals surface area (Å²) in [6.45, 7) is 2.82. The first-order valence-corrected chi connectivity index (χ1v) is 8.32. The van der Waals surface area contributed by atoms with Gasteiger partial charge >= 0.3 is 0 Å². The van der Waals surface area contributed by atoms with E-state index in [9.17, 15) is 9.59 Å². The predicted octanol–water partition coefficient (Wildman–Crippen LogP) is 2.16. The zero-order valence-corrected chi connectivity index (χ0v) is 13.3. The molecule has 1 aromatic carbocycles. The third-order valence-electron chi connectivity index (χ3n) is 4.38. The van der Waals surface area contributed by atoms with Gasteiger partial charge in [0.25, 0.3) is 0 Å². The second-order valence-corrected chi connectivity index (χ2v) is 6.01. The molecule has 2 amide bonds. The van der Waals surface area contributed by atoms with Gasteiger partial charge in [0.1, 0.15) is 0 Å². The number of aryl methyl sites for hydroxylation is 1. The van der Waals surface area contributed by atoms with Crippen molar-refractivity contribution in [3.05, 3.63) is 36.5 Å². The van der Waals surface area contributed by atoms with Gasteiger partial charge in [0, 0.05) is 50.7 Å². The van der Waals surface area contributed by atoms with Gasteiger partial charge in [-0.2, -0.15) is 0 Å². The van der Waals surface area contributed by atoms with E-state index in [0.29, 0.717) is 25.9 Å². The Kier molecular flexibility index (Phi) is 4.95. The van der Waals surface area contributed by atoms with E-state index in [4.69, 9.17) is 0 Å². The van der Waals surface area contributed by atoms with Crippen LogP contribution in [0.5, 0.6) is 0 Å². The highest BCUT2D eigenvalue weighted by molar-refractivity contribution is 5.81. The van der Waals surface area contributed by atoms with Gasteiger partial charge in [-0.1, -0.05) is 18.2 Å². The van der Waals surface area contributed by atoms with Gasteiger partial charge in [0.15, 0.2) is 0 Å². The highest BCUT2D eigenvalue weighted by atomic mass is 16.2. The van der Waals surface area contributed by atoms with Crippen molar-refractivity contribution in [2.24, 2.45) is 0 Å². The minimum absolute atomic E-state index is 0.00277. The van der Waals surface area contributed by atoms with Crippen LogP contribution in [-0.2, 0) is 16.1 Å². The number of carbonyl (C=O) groups excluding carboxylic acids is 2. The largest absolute Gasteiger partial charge is 0.356 e. The zero-order chi connectivity index (χ0) is 16.1. The molecule has 1 aromatic heterocycles. The van der Waals surface area contributed by atoms with Crippen LogP contribution in [0.2, 0.25) is 0 Å². The molecular weight excluding hydrogens is 290 g/mol. The van der Waals surface area contributed by atoms with E-state index in [0.717, 1.165) is 31.4 Å². The number of nitrogens with zero attached hydrogens (tertiary/aromatic N) is 2. The standard InChI is InChI=1S/C18H23N3O2/c22-17(19-10-7-18(23)21-11-3-4-12-21)9-14-20-13-8-15-5-1-2-6-16(15)20/h1-2,5-6,8,13H,3-4,7,9-12,14H2,(H,19,22). The van der Waals surface area contributed by atoms with Crippen molar-refractivity contribution in [2.75, 3.05) is 19.6 Å². The Hall–Kier alpha value is -2.30. The van der Waals surface area contributed by atoms with Crippen molar-refractivity contribution < 1.29 is 9.59 Å². The second-order valence-electron chi connectivity index (χ2n) is 6.01. The van der Waals surface area contributed by atoms with Crippen LogP contribution < -0.4 is 5.32 Å². The fourth-order valence-corrected chi connectivity index (χ4v) is 3.08. The maximum Gasteiger partial charge on any atom is 0.224 e. The van der Waals surface area contributed by atoms with Gasteiger partial charge in [0.05, 0.1) is 0 Å². The molecule has 0 unspecified atom stereocenters.